The number of fused-ring (bicyclic) bond motifs is 1. The number of anilines is 3. The Balaban J connectivity index is 1.66. The van der Waals surface area contributed by atoms with Crippen molar-refractivity contribution >= 4 is 23.4 Å². The minimum absolute atomic E-state index is 0.130. The number of carbonyl (C=O) groups excluding carboxylic acids is 1. The average Bonchev–Trinajstić information content (AvgIpc) is 3.13. The van der Waals surface area contributed by atoms with Crippen molar-refractivity contribution in [2.75, 3.05) is 61.5 Å². The molecule has 0 N–H and O–H groups in total. The number of amides is 1. The maximum absolute atomic E-state index is 12.4. The van der Waals surface area contributed by atoms with Crippen molar-refractivity contribution in [1.82, 2.24) is 14.9 Å². The van der Waals surface area contributed by atoms with Gasteiger partial charge in [-0.05, 0) is 19.9 Å². The summed E-state index contributed by atoms with van der Waals surface area (Å²) in [6.07, 6.45) is 6.64. The Hall–Kier alpha value is -1.89. The Morgan fingerprint density at radius 2 is 1.79 bits per heavy atom. The second-order valence-corrected chi connectivity index (χ2v) is 7.19. The SMILES string of the molecule is CN1CCN(c2ncc3c(n2)N(C2CCCC2)CC(=O)N3C)CC1. The number of aromatic nitrogens is 2. The van der Waals surface area contributed by atoms with Gasteiger partial charge in [0.05, 0.1) is 12.7 Å². The van der Waals surface area contributed by atoms with Crippen molar-refractivity contribution < 1.29 is 4.79 Å². The van der Waals surface area contributed by atoms with Crippen molar-refractivity contribution in [2.45, 2.75) is 31.7 Å². The van der Waals surface area contributed by atoms with Gasteiger partial charge in [-0.15, -0.1) is 0 Å². The van der Waals surface area contributed by atoms with Crippen LogP contribution in [-0.2, 0) is 4.79 Å². The van der Waals surface area contributed by atoms with Gasteiger partial charge in [0.1, 0.15) is 5.69 Å². The molecule has 7 heteroatoms. The third-order valence-electron chi connectivity index (χ3n) is 5.60. The summed E-state index contributed by atoms with van der Waals surface area (Å²) in [5, 5.41) is 0. The van der Waals surface area contributed by atoms with Crippen molar-refractivity contribution in [3.63, 3.8) is 0 Å². The molecular formula is C17H26N6O. The third kappa shape index (κ3) is 2.70. The minimum Gasteiger partial charge on any atom is -0.342 e. The quantitative estimate of drug-likeness (QED) is 0.805. The molecule has 24 heavy (non-hydrogen) atoms. The number of piperazine rings is 1. The largest absolute Gasteiger partial charge is 0.342 e. The van der Waals surface area contributed by atoms with Crippen molar-refractivity contribution in [2.24, 2.45) is 0 Å². The van der Waals surface area contributed by atoms with Crippen LogP contribution in [0, 0.1) is 0 Å². The zero-order valence-corrected chi connectivity index (χ0v) is 14.6. The molecule has 1 saturated carbocycles. The van der Waals surface area contributed by atoms with Crippen LogP contribution in [0.25, 0.3) is 0 Å². The van der Waals surface area contributed by atoms with Crippen LogP contribution in [0.5, 0.6) is 0 Å². The van der Waals surface area contributed by atoms with Gasteiger partial charge in [0.25, 0.3) is 0 Å². The second kappa shape index (κ2) is 6.20. The van der Waals surface area contributed by atoms with Gasteiger partial charge in [0.15, 0.2) is 5.82 Å². The Kier molecular flexibility index (Phi) is 4.04. The molecule has 0 atom stereocenters. The molecule has 1 amide bonds. The van der Waals surface area contributed by atoms with E-state index in [1.807, 2.05) is 13.2 Å². The highest BCUT2D eigenvalue weighted by Gasteiger charge is 2.34. The summed E-state index contributed by atoms with van der Waals surface area (Å²) in [7, 11) is 3.97. The van der Waals surface area contributed by atoms with Crippen LogP contribution in [0.3, 0.4) is 0 Å². The summed E-state index contributed by atoms with van der Waals surface area (Å²) in [6, 6.07) is 0.441. The number of likely N-dealkylation sites (N-methyl/N-ethyl adjacent to an activating group) is 2. The smallest absolute Gasteiger partial charge is 0.246 e. The van der Waals surface area contributed by atoms with E-state index in [-0.39, 0.29) is 5.91 Å². The Morgan fingerprint density at radius 1 is 1.08 bits per heavy atom. The van der Waals surface area contributed by atoms with E-state index in [0.29, 0.717) is 12.6 Å². The molecule has 3 heterocycles. The summed E-state index contributed by atoms with van der Waals surface area (Å²) >= 11 is 0. The molecule has 0 aromatic carbocycles. The molecule has 1 aliphatic carbocycles. The molecule has 2 aliphatic heterocycles. The first-order valence-corrected chi connectivity index (χ1v) is 8.97. The average molecular weight is 330 g/mol. The van der Waals surface area contributed by atoms with Gasteiger partial charge in [-0.1, -0.05) is 12.8 Å². The van der Waals surface area contributed by atoms with Gasteiger partial charge in [0.2, 0.25) is 11.9 Å². The summed E-state index contributed by atoms with van der Waals surface area (Å²) in [5.41, 5.74) is 0.844. The topological polar surface area (TPSA) is 55.8 Å². The van der Waals surface area contributed by atoms with E-state index in [2.05, 4.69) is 26.7 Å². The molecule has 1 aromatic heterocycles. The number of rotatable bonds is 2. The van der Waals surface area contributed by atoms with Crippen LogP contribution in [0.4, 0.5) is 17.5 Å². The lowest BCUT2D eigenvalue weighted by Gasteiger charge is -2.39. The van der Waals surface area contributed by atoms with E-state index in [0.717, 1.165) is 56.5 Å². The zero-order valence-electron chi connectivity index (χ0n) is 14.6. The molecule has 1 aromatic rings. The number of hydrogen-bond acceptors (Lipinski definition) is 6. The monoisotopic (exact) mass is 330 g/mol. The molecule has 1 saturated heterocycles. The van der Waals surface area contributed by atoms with Crippen LogP contribution in [0.1, 0.15) is 25.7 Å². The van der Waals surface area contributed by atoms with Crippen molar-refractivity contribution in [3.05, 3.63) is 6.20 Å². The Labute approximate surface area is 143 Å². The number of hydrogen-bond donors (Lipinski definition) is 0. The fourth-order valence-corrected chi connectivity index (χ4v) is 3.94. The molecule has 130 valence electrons. The van der Waals surface area contributed by atoms with Gasteiger partial charge < -0.3 is 19.6 Å². The molecule has 0 radical (unpaired) electrons. The maximum Gasteiger partial charge on any atom is 0.246 e. The fraction of sp³-hybridized carbons (Fsp3) is 0.706. The van der Waals surface area contributed by atoms with Gasteiger partial charge in [0, 0.05) is 39.3 Å². The summed E-state index contributed by atoms with van der Waals surface area (Å²) in [5.74, 6) is 1.87. The minimum atomic E-state index is 0.130. The normalized spacial score (nSPS) is 23.1. The van der Waals surface area contributed by atoms with Gasteiger partial charge in [-0.2, -0.15) is 4.98 Å². The molecule has 0 spiro atoms. The van der Waals surface area contributed by atoms with E-state index >= 15 is 0 Å². The third-order valence-corrected chi connectivity index (χ3v) is 5.60. The van der Waals surface area contributed by atoms with E-state index < -0.39 is 0 Å². The number of carbonyl (C=O) groups is 1. The van der Waals surface area contributed by atoms with Crippen LogP contribution < -0.4 is 14.7 Å². The van der Waals surface area contributed by atoms with Crippen molar-refractivity contribution in [3.8, 4) is 0 Å². The fourth-order valence-electron chi connectivity index (χ4n) is 3.94. The van der Waals surface area contributed by atoms with Crippen LogP contribution in [0.15, 0.2) is 6.20 Å². The Bertz CT molecular complexity index is 622. The van der Waals surface area contributed by atoms with Crippen LogP contribution in [0.2, 0.25) is 0 Å². The molecular weight excluding hydrogens is 304 g/mol. The molecule has 3 aliphatic rings. The molecule has 7 nitrogen and oxygen atoms in total. The van der Waals surface area contributed by atoms with Gasteiger partial charge in [-0.3, -0.25) is 4.79 Å². The molecule has 2 fully saturated rings. The summed E-state index contributed by atoms with van der Waals surface area (Å²) < 4.78 is 0. The highest BCUT2D eigenvalue weighted by molar-refractivity contribution is 6.02. The van der Waals surface area contributed by atoms with Gasteiger partial charge >= 0.3 is 0 Å². The summed E-state index contributed by atoms with van der Waals surface area (Å²) in [6.45, 7) is 4.41. The van der Waals surface area contributed by atoms with Crippen LogP contribution >= 0.6 is 0 Å². The first-order chi connectivity index (χ1) is 11.6. The maximum atomic E-state index is 12.4. The van der Waals surface area contributed by atoms with E-state index in [9.17, 15) is 4.79 Å². The molecule has 4 rings (SSSR count). The first-order valence-electron chi connectivity index (χ1n) is 8.97. The predicted molar refractivity (Wildman–Crippen MR) is 94.8 cm³/mol. The van der Waals surface area contributed by atoms with Gasteiger partial charge in [-0.25, -0.2) is 4.98 Å². The van der Waals surface area contributed by atoms with E-state index in [1.165, 1.54) is 12.8 Å². The molecule has 0 bridgehead atoms. The highest BCUT2D eigenvalue weighted by Crippen LogP contribution is 2.36. The Morgan fingerprint density at radius 3 is 2.50 bits per heavy atom. The lowest BCUT2D eigenvalue weighted by atomic mass is 10.1. The summed E-state index contributed by atoms with van der Waals surface area (Å²) in [4.78, 5) is 30.3. The highest BCUT2D eigenvalue weighted by atomic mass is 16.2. The van der Waals surface area contributed by atoms with E-state index in [4.69, 9.17) is 4.98 Å². The predicted octanol–water partition coefficient (Wildman–Crippen LogP) is 0.954. The zero-order chi connectivity index (χ0) is 16.7. The first kappa shape index (κ1) is 15.6. The number of nitrogens with zero attached hydrogens (tertiary/aromatic N) is 6. The standard InChI is InChI=1S/C17H26N6O/c1-20-7-9-22(10-8-20)17-18-11-14-16(19-17)23(12-15(24)21(14)2)13-5-3-4-6-13/h11,13H,3-10,12H2,1-2H3. The lowest BCUT2D eigenvalue weighted by molar-refractivity contribution is -0.117. The van der Waals surface area contributed by atoms with E-state index in [1.54, 1.807) is 4.90 Å². The van der Waals surface area contributed by atoms with Crippen LogP contribution in [-0.4, -0.2) is 73.6 Å². The van der Waals surface area contributed by atoms with Crippen molar-refractivity contribution in [1.29, 1.82) is 0 Å². The lowest BCUT2D eigenvalue weighted by Crippen LogP contribution is -2.49. The second-order valence-electron chi connectivity index (χ2n) is 7.19. The molecule has 0 unspecified atom stereocenters.